The van der Waals surface area contributed by atoms with Crippen LogP contribution in [-0.2, 0) is 13.5 Å². The van der Waals surface area contributed by atoms with Crippen molar-refractivity contribution in [3.63, 3.8) is 0 Å². The van der Waals surface area contributed by atoms with Crippen molar-refractivity contribution in [2.24, 2.45) is 7.05 Å². The van der Waals surface area contributed by atoms with Crippen LogP contribution in [0, 0.1) is 13.8 Å². The Morgan fingerprint density at radius 1 is 1.35 bits per heavy atom. The predicted molar refractivity (Wildman–Crippen MR) is 88.3 cm³/mol. The van der Waals surface area contributed by atoms with E-state index in [9.17, 15) is 4.79 Å². The van der Waals surface area contributed by atoms with Crippen LogP contribution in [0.15, 0.2) is 30.6 Å². The summed E-state index contributed by atoms with van der Waals surface area (Å²) in [6, 6.07) is 5.71. The van der Waals surface area contributed by atoms with E-state index in [2.05, 4.69) is 20.4 Å². The quantitative estimate of drug-likeness (QED) is 0.799. The van der Waals surface area contributed by atoms with Gasteiger partial charge in [-0.15, -0.1) is 0 Å². The number of fused-ring (bicyclic) bond motifs is 1. The molecule has 3 rings (SSSR count). The van der Waals surface area contributed by atoms with E-state index in [4.69, 9.17) is 0 Å². The lowest BCUT2D eigenvalue weighted by molar-refractivity contribution is 0.0955. The fourth-order valence-electron chi connectivity index (χ4n) is 2.71. The molecule has 23 heavy (non-hydrogen) atoms. The summed E-state index contributed by atoms with van der Waals surface area (Å²) in [6.45, 7) is 4.34. The molecule has 6 nitrogen and oxygen atoms in total. The molecule has 6 heteroatoms. The average molecular weight is 309 g/mol. The zero-order valence-corrected chi connectivity index (χ0v) is 13.5. The number of rotatable bonds is 4. The molecule has 0 aliphatic rings. The minimum atomic E-state index is -0.0968. The second-order valence-electron chi connectivity index (χ2n) is 5.59. The summed E-state index contributed by atoms with van der Waals surface area (Å²) in [4.78, 5) is 21.1. The number of carbonyl (C=O) groups excluding carboxylic acids is 1. The van der Waals surface area contributed by atoms with Gasteiger partial charge in [-0.05, 0) is 38.0 Å². The van der Waals surface area contributed by atoms with Crippen molar-refractivity contribution in [2.45, 2.75) is 20.3 Å². The van der Waals surface area contributed by atoms with Gasteiger partial charge in [-0.1, -0.05) is 6.07 Å². The fraction of sp³-hybridized carbons (Fsp3) is 0.294. The van der Waals surface area contributed by atoms with Crippen LogP contribution < -0.4 is 5.32 Å². The molecule has 0 spiro atoms. The van der Waals surface area contributed by atoms with Crippen molar-refractivity contribution >= 4 is 16.9 Å². The number of hydrogen-bond acceptors (Lipinski definition) is 4. The number of carbonyl (C=O) groups is 1. The van der Waals surface area contributed by atoms with Gasteiger partial charge in [-0.25, -0.2) is 4.98 Å². The van der Waals surface area contributed by atoms with Gasteiger partial charge in [0.1, 0.15) is 0 Å². The van der Waals surface area contributed by atoms with Crippen molar-refractivity contribution in [2.75, 3.05) is 6.54 Å². The highest BCUT2D eigenvalue weighted by Crippen LogP contribution is 2.21. The third-order valence-corrected chi connectivity index (χ3v) is 3.76. The van der Waals surface area contributed by atoms with E-state index in [-0.39, 0.29) is 5.91 Å². The Kier molecular flexibility index (Phi) is 4.06. The summed E-state index contributed by atoms with van der Waals surface area (Å²) in [6.07, 6.45) is 4.30. The van der Waals surface area contributed by atoms with Crippen molar-refractivity contribution < 1.29 is 4.79 Å². The smallest absolute Gasteiger partial charge is 0.252 e. The number of pyridine rings is 2. The molecule has 0 atom stereocenters. The third-order valence-electron chi connectivity index (χ3n) is 3.76. The monoisotopic (exact) mass is 309 g/mol. The molecule has 3 heterocycles. The van der Waals surface area contributed by atoms with Gasteiger partial charge in [0, 0.05) is 31.7 Å². The van der Waals surface area contributed by atoms with Crippen LogP contribution in [-0.4, -0.2) is 32.2 Å². The zero-order chi connectivity index (χ0) is 16.4. The van der Waals surface area contributed by atoms with E-state index in [1.54, 1.807) is 10.9 Å². The van der Waals surface area contributed by atoms with E-state index < -0.39 is 0 Å². The molecule has 0 aliphatic carbocycles. The maximum Gasteiger partial charge on any atom is 0.252 e. The number of nitrogens with one attached hydrogen (secondary N) is 1. The van der Waals surface area contributed by atoms with E-state index in [1.807, 2.05) is 45.3 Å². The largest absolute Gasteiger partial charge is 0.352 e. The summed E-state index contributed by atoms with van der Waals surface area (Å²) in [5.74, 6) is -0.0968. The van der Waals surface area contributed by atoms with E-state index in [0.29, 0.717) is 12.1 Å². The Labute approximate surface area is 134 Å². The van der Waals surface area contributed by atoms with Gasteiger partial charge in [-0.2, -0.15) is 5.10 Å². The first-order valence-electron chi connectivity index (χ1n) is 7.54. The Bertz CT molecular complexity index is 854. The van der Waals surface area contributed by atoms with Crippen molar-refractivity contribution in [3.8, 4) is 0 Å². The Balaban J connectivity index is 1.81. The fourth-order valence-corrected chi connectivity index (χ4v) is 2.71. The molecule has 0 unspecified atom stereocenters. The molecule has 3 aromatic heterocycles. The van der Waals surface area contributed by atoms with Crippen LogP contribution in [0.3, 0.4) is 0 Å². The highest BCUT2D eigenvalue weighted by atomic mass is 16.1. The Morgan fingerprint density at radius 2 is 2.17 bits per heavy atom. The van der Waals surface area contributed by atoms with Crippen LogP contribution in [0.2, 0.25) is 0 Å². The predicted octanol–water partition coefficient (Wildman–Crippen LogP) is 1.95. The van der Waals surface area contributed by atoms with Gasteiger partial charge in [-0.3, -0.25) is 14.5 Å². The van der Waals surface area contributed by atoms with Gasteiger partial charge < -0.3 is 5.32 Å². The number of hydrogen-bond donors (Lipinski definition) is 1. The second-order valence-corrected chi connectivity index (χ2v) is 5.59. The Hall–Kier alpha value is -2.76. The summed E-state index contributed by atoms with van der Waals surface area (Å²) < 4.78 is 1.71. The summed E-state index contributed by atoms with van der Waals surface area (Å²) >= 11 is 0. The molecule has 0 aliphatic heterocycles. The molecule has 3 aromatic rings. The minimum Gasteiger partial charge on any atom is -0.352 e. The first kappa shape index (κ1) is 15.1. The van der Waals surface area contributed by atoms with E-state index >= 15 is 0 Å². The van der Waals surface area contributed by atoms with Crippen molar-refractivity contribution in [1.29, 1.82) is 0 Å². The molecule has 0 saturated heterocycles. The average Bonchev–Trinajstić information content (AvgIpc) is 2.82. The molecular weight excluding hydrogens is 290 g/mol. The lowest BCUT2D eigenvalue weighted by Crippen LogP contribution is -2.26. The topological polar surface area (TPSA) is 72.7 Å². The molecule has 0 fully saturated rings. The highest BCUT2D eigenvalue weighted by Gasteiger charge is 2.17. The second kappa shape index (κ2) is 6.16. The maximum atomic E-state index is 12.6. The van der Waals surface area contributed by atoms with Gasteiger partial charge in [0.25, 0.3) is 5.91 Å². The lowest BCUT2D eigenvalue weighted by atomic mass is 10.1. The summed E-state index contributed by atoms with van der Waals surface area (Å²) in [5, 5.41) is 8.16. The highest BCUT2D eigenvalue weighted by molar-refractivity contribution is 6.06. The van der Waals surface area contributed by atoms with E-state index in [1.165, 1.54) is 0 Å². The first-order valence-corrected chi connectivity index (χ1v) is 7.54. The molecule has 1 amide bonds. The van der Waals surface area contributed by atoms with Crippen molar-refractivity contribution in [3.05, 3.63) is 53.1 Å². The van der Waals surface area contributed by atoms with Crippen LogP contribution in [0.5, 0.6) is 0 Å². The van der Waals surface area contributed by atoms with E-state index in [0.717, 1.165) is 34.4 Å². The van der Waals surface area contributed by atoms with Crippen LogP contribution in [0.1, 0.15) is 27.3 Å². The Morgan fingerprint density at radius 3 is 2.91 bits per heavy atom. The molecule has 0 bridgehead atoms. The zero-order valence-electron chi connectivity index (χ0n) is 13.5. The summed E-state index contributed by atoms with van der Waals surface area (Å²) in [5.41, 5.74) is 4.08. The van der Waals surface area contributed by atoms with Crippen LogP contribution in [0.4, 0.5) is 0 Å². The first-order chi connectivity index (χ1) is 11.1. The molecule has 1 N–H and O–H groups in total. The summed E-state index contributed by atoms with van der Waals surface area (Å²) in [7, 11) is 1.84. The molecule has 0 aromatic carbocycles. The normalized spacial score (nSPS) is 10.9. The number of amides is 1. The number of nitrogens with zero attached hydrogens (tertiary/aromatic N) is 4. The van der Waals surface area contributed by atoms with Crippen LogP contribution >= 0.6 is 0 Å². The molecular formula is C17H19N5O. The maximum absolute atomic E-state index is 12.6. The standard InChI is InChI=1S/C17H19N5O/c1-11-9-14(15-12(2)21-22(3)16(15)20-11)17(23)19-8-6-13-5-4-7-18-10-13/h4-5,7,9-10H,6,8H2,1-3H3,(H,19,23). The molecule has 0 saturated carbocycles. The SMILES string of the molecule is Cc1cc(C(=O)NCCc2cccnc2)c2c(C)nn(C)c2n1. The van der Waals surface area contributed by atoms with Gasteiger partial charge in [0.15, 0.2) is 5.65 Å². The third kappa shape index (κ3) is 3.06. The van der Waals surface area contributed by atoms with Crippen molar-refractivity contribution in [1.82, 2.24) is 25.1 Å². The van der Waals surface area contributed by atoms with Gasteiger partial charge in [0.05, 0.1) is 16.6 Å². The van der Waals surface area contributed by atoms with Gasteiger partial charge in [0.2, 0.25) is 0 Å². The number of aryl methyl sites for hydroxylation is 3. The minimum absolute atomic E-state index is 0.0968. The lowest BCUT2D eigenvalue weighted by Gasteiger charge is -2.08. The number of aromatic nitrogens is 4. The van der Waals surface area contributed by atoms with Crippen LogP contribution in [0.25, 0.3) is 11.0 Å². The molecule has 0 radical (unpaired) electrons. The van der Waals surface area contributed by atoms with Gasteiger partial charge >= 0.3 is 0 Å². The molecule has 118 valence electrons.